The van der Waals surface area contributed by atoms with Gasteiger partial charge in [-0.3, -0.25) is 18.6 Å². The lowest BCUT2D eigenvalue weighted by Gasteiger charge is -2.27. The predicted octanol–water partition coefficient (Wildman–Crippen LogP) is 24.8. The van der Waals surface area contributed by atoms with Gasteiger partial charge >= 0.3 is 13.8 Å². The monoisotopic (exact) mass is 1250 g/mol. The summed E-state index contributed by atoms with van der Waals surface area (Å²) in [5.74, 6) is -0.480. The number of esters is 1. The highest BCUT2D eigenvalue weighted by Gasteiger charge is 2.30. The summed E-state index contributed by atoms with van der Waals surface area (Å²) < 4.78 is 30.9. The second-order valence-electron chi connectivity index (χ2n) is 27.9. The SMILES string of the molecule is CCCCCCCC/C=C/CCCCCCCCCCCCCCCC(=O)NC(COP(=O)(O)OCC[N+](C)(C)C)C(/C=C/CCCCCCCCCCC)OC(=O)CCCCCCCCCCCCCCCCCCCCCCCCCCCCC. The zero-order valence-corrected chi connectivity index (χ0v) is 60.2. The quantitative estimate of drug-likeness (QED) is 0.0205. The lowest BCUT2D eigenvalue weighted by molar-refractivity contribution is -0.870. The number of amides is 1. The molecule has 3 unspecified atom stereocenters. The number of phosphoric acid groups is 1. The van der Waals surface area contributed by atoms with E-state index in [1.54, 1.807) is 0 Å². The molecule has 0 heterocycles. The molecule has 0 radical (unpaired) electrons. The van der Waals surface area contributed by atoms with Crippen molar-refractivity contribution in [1.29, 1.82) is 0 Å². The lowest BCUT2D eigenvalue weighted by atomic mass is 10.0. The lowest BCUT2D eigenvalue weighted by Crippen LogP contribution is -2.47. The molecule has 10 heteroatoms. The molecule has 0 fully saturated rings. The number of nitrogens with zero attached hydrogens (tertiary/aromatic N) is 1. The van der Waals surface area contributed by atoms with Gasteiger partial charge in [-0.2, -0.15) is 0 Å². The van der Waals surface area contributed by atoms with E-state index >= 15 is 0 Å². The molecule has 516 valence electrons. The summed E-state index contributed by atoms with van der Waals surface area (Å²) in [6.45, 7) is 7.08. The van der Waals surface area contributed by atoms with Gasteiger partial charge in [0.1, 0.15) is 19.3 Å². The fourth-order valence-corrected chi connectivity index (χ4v) is 12.7. The van der Waals surface area contributed by atoms with Gasteiger partial charge in [0.05, 0.1) is 33.8 Å². The highest BCUT2D eigenvalue weighted by molar-refractivity contribution is 7.47. The van der Waals surface area contributed by atoms with Gasteiger partial charge < -0.3 is 19.4 Å². The summed E-state index contributed by atoms with van der Waals surface area (Å²) in [6, 6.07) is -0.844. The number of hydrogen-bond acceptors (Lipinski definition) is 6. The molecule has 0 aromatic heterocycles. The molecule has 1 amide bonds. The smallest absolute Gasteiger partial charge is 0.456 e. The first-order valence-corrected chi connectivity index (χ1v) is 40.2. The number of nitrogens with one attached hydrogen (secondary N) is 1. The van der Waals surface area contributed by atoms with Crippen LogP contribution in [0.5, 0.6) is 0 Å². The second kappa shape index (κ2) is 67.4. The molecule has 0 aliphatic carbocycles. The first-order valence-electron chi connectivity index (χ1n) is 38.7. The number of ether oxygens (including phenoxy) is 1. The minimum Gasteiger partial charge on any atom is -0.456 e. The number of quaternary nitrogens is 1. The predicted molar refractivity (Wildman–Crippen MR) is 379 cm³/mol. The van der Waals surface area contributed by atoms with Crippen LogP contribution in [-0.2, 0) is 27.9 Å². The molecule has 2 N–H and O–H groups in total. The summed E-state index contributed by atoms with van der Waals surface area (Å²) in [5, 5.41) is 3.08. The topological polar surface area (TPSA) is 111 Å². The summed E-state index contributed by atoms with van der Waals surface area (Å²) >= 11 is 0. The molecular formula is C77H152N2O7P+. The zero-order chi connectivity index (χ0) is 63.5. The van der Waals surface area contributed by atoms with Gasteiger partial charge in [-0.1, -0.05) is 360 Å². The van der Waals surface area contributed by atoms with E-state index in [1.807, 2.05) is 27.2 Å². The second-order valence-corrected chi connectivity index (χ2v) is 29.3. The molecule has 0 rings (SSSR count). The van der Waals surface area contributed by atoms with Crippen molar-refractivity contribution in [2.24, 2.45) is 0 Å². The van der Waals surface area contributed by atoms with Crippen molar-refractivity contribution >= 4 is 19.7 Å². The Bertz CT molecular complexity index is 1530. The molecule has 3 atom stereocenters. The number of carbonyl (C=O) groups is 2. The Morgan fingerprint density at radius 3 is 0.977 bits per heavy atom. The van der Waals surface area contributed by atoms with Crippen LogP contribution in [0, 0.1) is 0 Å². The third-order valence-electron chi connectivity index (χ3n) is 17.9. The van der Waals surface area contributed by atoms with Crippen LogP contribution in [0.15, 0.2) is 24.3 Å². The standard InChI is InChI=1S/C77H151N2O7P/c1-7-10-13-16-19-22-25-27-29-31-33-35-37-38-39-40-42-44-46-48-50-52-55-58-61-64-67-70-77(81)86-75(68-65-62-59-56-53-24-21-18-15-12-9-3)74(73-85-87(82,83)84-72-71-79(4,5)6)78-76(80)69-66-63-60-57-54-51-49-47-45-43-41-36-34-32-30-28-26-23-20-17-14-11-8-2/h28,30,65,68,74-75H,7-27,29,31-64,66-67,69-73H2,1-6H3,(H-,78,80,82,83)/p+1/b30-28+,68-65+. The third-order valence-corrected chi connectivity index (χ3v) is 18.9. The number of hydrogen-bond donors (Lipinski definition) is 2. The first-order chi connectivity index (χ1) is 42.4. The van der Waals surface area contributed by atoms with E-state index in [9.17, 15) is 19.0 Å². The van der Waals surface area contributed by atoms with E-state index in [1.165, 1.54) is 315 Å². The van der Waals surface area contributed by atoms with Gasteiger partial charge in [-0.05, 0) is 57.4 Å². The van der Waals surface area contributed by atoms with E-state index in [-0.39, 0.29) is 25.1 Å². The highest BCUT2D eigenvalue weighted by Crippen LogP contribution is 2.43. The van der Waals surface area contributed by atoms with Crippen molar-refractivity contribution in [1.82, 2.24) is 5.32 Å². The van der Waals surface area contributed by atoms with Crippen LogP contribution in [0.1, 0.15) is 406 Å². The summed E-state index contributed by atoms with van der Waals surface area (Å²) in [6.07, 6.45) is 83.6. The Balaban J connectivity index is 4.87. The molecule has 0 spiro atoms. The maximum Gasteiger partial charge on any atom is 0.472 e. The molecule has 0 aliphatic rings. The first kappa shape index (κ1) is 85.5. The molecule has 87 heavy (non-hydrogen) atoms. The molecule has 0 bridgehead atoms. The Morgan fingerprint density at radius 1 is 0.391 bits per heavy atom. The molecule has 9 nitrogen and oxygen atoms in total. The van der Waals surface area contributed by atoms with Gasteiger partial charge in [-0.15, -0.1) is 0 Å². The summed E-state index contributed by atoms with van der Waals surface area (Å²) in [4.78, 5) is 38.0. The van der Waals surface area contributed by atoms with Crippen LogP contribution in [0.2, 0.25) is 0 Å². The Kier molecular flexibility index (Phi) is 66.2. The number of allylic oxidation sites excluding steroid dienone is 3. The normalized spacial score (nSPS) is 13.5. The molecule has 0 aliphatic heterocycles. The van der Waals surface area contributed by atoms with Gasteiger partial charge in [-0.25, -0.2) is 4.57 Å². The van der Waals surface area contributed by atoms with Crippen LogP contribution in [0.25, 0.3) is 0 Å². The summed E-state index contributed by atoms with van der Waals surface area (Å²) in [5.41, 5.74) is 0. The molecule has 0 aromatic carbocycles. The van der Waals surface area contributed by atoms with Crippen molar-refractivity contribution < 1.29 is 37.3 Å². The molecule has 0 saturated heterocycles. The Hall–Kier alpha value is -1.51. The number of likely N-dealkylation sites (N-methyl/N-ethyl adjacent to an activating group) is 1. The van der Waals surface area contributed by atoms with E-state index in [4.69, 9.17) is 13.8 Å². The van der Waals surface area contributed by atoms with Crippen molar-refractivity contribution in [3.05, 3.63) is 24.3 Å². The number of carbonyl (C=O) groups excluding carboxylic acids is 2. The van der Waals surface area contributed by atoms with Crippen LogP contribution in [0.3, 0.4) is 0 Å². The van der Waals surface area contributed by atoms with Crippen LogP contribution in [0.4, 0.5) is 0 Å². The van der Waals surface area contributed by atoms with Gasteiger partial charge in [0.2, 0.25) is 5.91 Å². The number of phosphoric ester groups is 1. The van der Waals surface area contributed by atoms with Gasteiger partial charge in [0, 0.05) is 12.8 Å². The minimum absolute atomic E-state index is 0.0445. The maximum atomic E-state index is 13.6. The average Bonchev–Trinajstić information content (AvgIpc) is 3.70. The van der Waals surface area contributed by atoms with E-state index in [2.05, 4.69) is 44.3 Å². The van der Waals surface area contributed by atoms with Crippen molar-refractivity contribution in [2.45, 2.75) is 418 Å². The van der Waals surface area contributed by atoms with Crippen LogP contribution < -0.4 is 5.32 Å². The Morgan fingerprint density at radius 2 is 0.667 bits per heavy atom. The fourth-order valence-electron chi connectivity index (χ4n) is 11.9. The van der Waals surface area contributed by atoms with Crippen molar-refractivity contribution in [2.75, 3.05) is 40.9 Å². The third kappa shape index (κ3) is 68.7. The van der Waals surface area contributed by atoms with Crippen LogP contribution in [-0.4, -0.2) is 74.3 Å². The Labute approximate surface area is 543 Å². The average molecular weight is 1250 g/mol. The van der Waals surface area contributed by atoms with Crippen molar-refractivity contribution in [3.8, 4) is 0 Å². The largest absolute Gasteiger partial charge is 0.472 e. The molecule has 0 aromatic rings. The number of rotatable bonds is 72. The van der Waals surface area contributed by atoms with Crippen LogP contribution >= 0.6 is 7.82 Å². The summed E-state index contributed by atoms with van der Waals surface area (Å²) in [7, 11) is 1.52. The van der Waals surface area contributed by atoms with E-state index in [0.717, 1.165) is 57.8 Å². The minimum atomic E-state index is -4.45. The van der Waals surface area contributed by atoms with E-state index < -0.39 is 20.0 Å². The highest BCUT2D eigenvalue weighted by atomic mass is 31.2. The van der Waals surface area contributed by atoms with Gasteiger partial charge in [0.15, 0.2) is 0 Å². The number of unbranched alkanes of at least 4 members (excludes halogenated alkanes) is 54. The van der Waals surface area contributed by atoms with E-state index in [0.29, 0.717) is 23.9 Å². The zero-order valence-electron chi connectivity index (χ0n) is 59.3. The maximum absolute atomic E-state index is 13.6. The molecular weight excluding hydrogens is 1100 g/mol. The fraction of sp³-hybridized carbons (Fsp3) is 0.922. The van der Waals surface area contributed by atoms with Crippen molar-refractivity contribution in [3.63, 3.8) is 0 Å². The van der Waals surface area contributed by atoms with Gasteiger partial charge in [0.25, 0.3) is 0 Å². The molecule has 0 saturated carbocycles.